The topological polar surface area (TPSA) is 69.7 Å². The van der Waals surface area contributed by atoms with Gasteiger partial charge in [-0.05, 0) is 62.7 Å². The van der Waals surface area contributed by atoms with Gasteiger partial charge in [0, 0.05) is 31.7 Å². The molecule has 1 atom stereocenters. The van der Waals surface area contributed by atoms with Crippen LogP contribution in [0.15, 0.2) is 41.3 Å². The number of nitrogens with one attached hydrogen (secondary N) is 1. The van der Waals surface area contributed by atoms with E-state index in [-0.39, 0.29) is 27.4 Å². The molecule has 0 spiro atoms. The number of hydrogen-bond donors (Lipinski definition) is 1. The second-order valence-electron chi connectivity index (χ2n) is 7.89. The molecule has 0 bridgehead atoms. The highest BCUT2D eigenvalue weighted by Crippen LogP contribution is 2.27. The molecule has 162 valence electrons. The van der Waals surface area contributed by atoms with Crippen LogP contribution in [0.1, 0.15) is 40.0 Å². The summed E-state index contributed by atoms with van der Waals surface area (Å²) in [6.07, 6.45) is 0. The number of hydrogen-bond acceptors (Lipinski definition) is 4. The zero-order chi connectivity index (χ0) is 22.1. The highest BCUT2D eigenvalue weighted by atomic mass is 35.5. The number of aryl methyl sites for hydroxylation is 2. The monoisotopic (exact) mass is 449 g/mol. The Balaban J connectivity index is 1.81. The van der Waals surface area contributed by atoms with Crippen LogP contribution in [-0.2, 0) is 10.0 Å². The maximum absolute atomic E-state index is 13.1. The van der Waals surface area contributed by atoms with Crippen LogP contribution < -0.4 is 5.32 Å². The molecule has 1 saturated heterocycles. The van der Waals surface area contributed by atoms with Crippen LogP contribution in [0.4, 0.5) is 0 Å². The SMILES string of the molecule is Cc1ccc([C@@H](C)NC(=O)c2ccc(Cl)c(S(=O)(=O)N3CCN(C)CC3)c2)cc1C. The summed E-state index contributed by atoms with van der Waals surface area (Å²) in [7, 11) is -1.81. The van der Waals surface area contributed by atoms with Crippen molar-refractivity contribution in [3.63, 3.8) is 0 Å². The molecule has 0 aliphatic carbocycles. The van der Waals surface area contributed by atoms with Gasteiger partial charge in [-0.2, -0.15) is 4.31 Å². The second-order valence-corrected chi connectivity index (χ2v) is 10.2. The fourth-order valence-electron chi connectivity index (χ4n) is 3.41. The average molecular weight is 450 g/mol. The van der Waals surface area contributed by atoms with Crippen LogP contribution in [0.25, 0.3) is 0 Å². The largest absolute Gasteiger partial charge is 0.346 e. The third-order valence-electron chi connectivity index (χ3n) is 5.65. The zero-order valence-electron chi connectivity index (χ0n) is 17.8. The van der Waals surface area contributed by atoms with Crippen LogP contribution in [-0.4, -0.2) is 56.8 Å². The number of sulfonamides is 1. The minimum absolute atomic E-state index is 0.0276. The Hall–Kier alpha value is -1.93. The first-order valence-corrected chi connectivity index (χ1v) is 11.8. The number of amides is 1. The van der Waals surface area contributed by atoms with Gasteiger partial charge >= 0.3 is 0 Å². The van der Waals surface area contributed by atoms with Crippen molar-refractivity contribution in [2.75, 3.05) is 33.2 Å². The Labute approximate surface area is 183 Å². The van der Waals surface area contributed by atoms with E-state index in [0.717, 1.165) is 11.1 Å². The van der Waals surface area contributed by atoms with Gasteiger partial charge in [-0.3, -0.25) is 4.79 Å². The first kappa shape index (κ1) is 22.7. The van der Waals surface area contributed by atoms with Crippen molar-refractivity contribution in [3.8, 4) is 0 Å². The first-order valence-electron chi connectivity index (χ1n) is 9.96. The van der Waals surface area contributed by atoms with Gasteiger partial charge in [0.05, 0.1) is 11.1 Å². The highest BCUT2D eigenvalue weighted by molar-refractivity contribution is 7.89. The molecule has 1 fully saturated rings. The third-order valence-corrected chi connectivity index (χ3v) is 8.03. The van der Waals surface area contributed by atoms with Gasteiger partial charge in [-0.1, -0.05) is 29.8 Å². The van der Waals surface area contributed by atoms with Gasteiger partial charge in [0.1, 0.15) is 4.90 Å². The predicted molar refractivity (Wildman–Crippen MR) is 120 cm³/mol. The number of nitrogens with zero attached hydrogens (tertiary/aromatic N) is 2. The van der Waals surface area contributed by atoms with E-state index in [2.05, 4.69) is 10.2 Å². The Bertz CT molecular complexity index is 1050. The molecule has 3 rings (SSSR count). The lowest BCUT2D eigenvalue weighted by Gasteiger charge is -2.31. The molecular formula is C22H28ClN3O3S. The van der Waals surface area contributed by atoms with Crippen LogP contribution >= 0.6 is 11.6 Å². The van der Waals surface area contributed by atoms with Crippen molar-refractivity contribution in [3.05, 3.63) is 63.7 Å². The number of benzene rings is 2. The summed E-state index contributed by atoms with van der Waals surface area (Å²) in [6.45, 7) is 8.08. The quantitative estimate of drug-likeness (QED) is 0.759. The average Bonchev–Trinajstić information content (AvgIpc) is 2.70. The molecule has 0 radical (unpaired) electrons. The van der Waals surface area contributed by atoms with Crippen molar-refractivity contribution in [1.29, 1.82) is 0 Å². The highest BCUT2D eigenvalue weighted by Gasteiger charge is 2.30. The van der Waals surface area contributed by atoms with Crippen molar-refractivity contribution < 1.29 is 13.2 Å². The van der Waals surface area contributed by atoms with Gasteiger partial charge in [-0.15, -0.1) is 0 Å². The summed E-state index contributed by atoms with van der Waals surface area (Å²) >= 11 is 6.22. The molecule has 1 N–H and O–H groups in total. The predicted octanol–water partition coefficient (Wildman–Crippen LogP) is 3.38. The van der Waals surface area contributed by atoms with Crippen LogP contribution in [0.2, 0.25) is 5.02 Å². The molecule has 1 amide bonds. The Morgan fingerprint density at radius 3 is 2.33 bits per heavy atom. The van der Waals surface area contributed by atoms with Gasteiger partial charge in [-0.25, -0.2) is 8.42 Å². The third kappa shape index (κ3) is 4.86. The van der Waals surface area contributed by atoms with E-state index >= 15 is 0 Å². The van der Waals surface area contributed by atoms with E-state index in [0.29, 0.717) is 26.2 Å². The van der Waals surface area contributed by atoms with E-state index < -0.39 is 10.0 Å². The van der Waals surface area contributed by atoms with Crippen molar-refractivity contribution in [2.45, 2.75) is 31.7 Å². The van der Waals surface area contributed by atoms with E-state index in [1.807, 2.05) is 46.0 Å². The number of likely N-dealkylation sites (N-methyl/N-ethyl adjacent to an activating group) is 1. The standard InChI is InChI=1S/C22H28ClN3O3S/c1-15-5-6-18(13-16(15)2)17(3)24-22(27)19-7-8-20(23)21(14-19)30(28,29)26-11-9-25(4)10-12-26/h5-8,13-14,17H,9-12H2,1-4H3,(H,24,27)/t17-/m1/s1. The summed E-state index contributed by atoms with van der Waals surface area (Å²) in [5, 5.41) is 3.06. The molecule has 1 aliphatic rings. The second kappa shape index (κ2) is 9.06. The number of piperazine rings is 1. The summed E-state index contributed by atoms with van der Waals surface area (Å²) in [6, 6.07) is 10.2. The van der Waals surface area contributed by atoms with E-state index in [1.54, 1.807) is 6.07 Å². The maximum atomic E-state index is 13.1. The maximum Gasteiger partial charge on any atom is 0.251 e. The van der Waals surface area contributed by atoms with Gasteiger partial charge in [0.25, 0.3) is 5.91 Å². The minimum atomic E-state index is -3.77. The lowest BCUT2D eigenvalue weighted by molar-refractivity contribution is 0.0939. The molecule has 8 heteroatoms. The number of carbonyl (C=O) groups is 1. The Kier molecular flexibility index (Phi) is 6.87. The van der Waals surface area contributed by atoms with Crippen molar-refractivity contribution >= 4 is 27.5 Å². The fraction of sp³-hybridized carbons (Fsp3) is 0.409. The van der Waals surface area contributed by atoms with Crippen LogP contribution in [0.5, 0.6) is 0 Å². The summed E-state index contributed by atoms with van der Waals surface area (Å²) < 4.78 is 27.6. The molecule has 0 saturated carbocycles. The first-order chi connectivity index (χ1) is 14.1. The lowest BCUT2D eigenvalue weighted by Crippen LogP contribution is -2.47. The summed E-state index contributed by atoms with van der Waals surface area (Å²) in [4.78, 5) is 14.9. The van der Waals surface area contributed by atoms with E-state index in [9.17, 15) is 13.2 Å². The summed E-state index contributed by atoms with van der Waals surface area (Å²) in [5.74, 6) is -0.341. The molecule has 30 heavy (non-hydrogen) atoms. The van der Waals surface area contributed by atoms with E-state index in [1.165, 1.54) is 22.0 Å². The van der Waals surface area contributed by atoms with Crippen molar-refractivity contribution in [2.24, 2.45) is 0 Å². The molecule has 0 aromatic heterocycles. The minimum Gasteiger partial charge on any atom is -0.346 e. The van der Waals surface area contributed by atoms with Gasteiger partial charge < -0.3 is 10.2 Å². The molecule has 1 heterocycles. The van der Waals surface area contributed by atoms with Crippen molar-refractivity contribution in [1.82, 2.24) is 14.5 Å². The zero-order valence-corrected chi connectivity index (χ0v) is 19.3. The Morgan fingerprint density at radius 2 is 1.70 bits per heavy atom. The van der Waals surface area contributed by atoms with Crippen LogP contribution in [0, 0.1) is 13.8 Å². The Morgan fingerprint density at radius 1 is 1.03 bits per heavy atom. The van der Waals surface area contributed by atoms with Gasteiger partial charge in [0.2, 0.25) is 10.0 Å². The normalized spacial score (nSPS) is 17.0. The van der Waals surface area contributed by atoms with Gasteiger partial charge in [0.15, 0.2) is 0 Å². The molecule has 6 nitrogen and oxygen atoms in total. The van der Waals surface area contributed by atoms with Crippen LogP contribution in [0.3, 0.4) is 0 Å². The summed E-state index contributed by atoms with van der Waals surface area (Å²) in [5.41, 5.74) is 3.60. The lowest BCUT2D eigenvalue weighted by atomic mass is 10.0. The molecular weight excluding hydrogens is 422 g/mol. The number of rotatable bonds is 5. The molecule has 2 aromatic carbocycles. The number of halogens is 1. The smallest absolute Gasteiger partial charge is 0.251 e. The fourth-order valence-corrected chi connectivity index (χ4v) is 5.33. The molecule has 0 unspecified atom stereocenters. The van der Waals surface area contributed by atoms with E-state index in [4.69, 9.17) is 11.6 Å². The number of carbonyl (C=O) groups excluding carboxylic acids is 1. The molecule has 1 aliphatic heterocycles. The molecule has 2 aromatic rings.